The van der Waals surface area contributed by atoms with E-state index in [9.17, 15) is 5.11 Å². The molecule has 1 heterocycles. The third-order valence-corrected chi connectivity index (χ3v) is 4.25. The van der Waals surface area contributed by atoms with Gasteiger partial charge in [-0.15, -0.1) is 0 Å². The SMILES string of the molecule is OC1C2OC2C2C3C=CC(C3)C12. The van der Waals surface area contributed by atoms with Gasteiger partial charge >= 0.3 is 0 Å². The number of aliphatic hydroxyl groups is 1. The lowest BCUT2D eigenvalue weighted by atomic mass is 9.84. The van der Waals surface area contributed by atoms with Crippen LogP contribution in [0.25, 0.3) is 0 Å². The van der Waals surface area contributed by atoms with Crippen LogP contribution >= 0.6 is 0 Å². The first-order chi connectivity index (χ1) is 5.86. The molecule has 2 saturated carbocycles. The van der Waals surface area contributed by atoms with Crippen LogP contribution in [0.5, 0.6) is 0 Å². The minimum Gasteiger partial charge on any atom is -0.390 e. The van der Waals surface area contributed by atoms with Gasteiger partial charge < -0.3 is 9.84 Å². The van der Waals surface area contributed by atoms with Crippen molar-refractivity contribution >= 4 is 0 Å². The summed E-state index contributed by atoms with van der Waals surface area (Å²) in [5.74, 6) is 2.61. The van der Waals surface area contributed by atoms with E-state index in [1.165, 1.54) is 6.42 Å². The fourth-order valence-corrected chi connectivity index (χ4v) is 3.78. The Kier molecular flexibility index (Phi) is 0.840. The molecular weight excluding hydrogens is 152 g/mol. The summed E-state index contributed by atoms with van der Waals surface area (Å²) in [6, 6.07) is 0. The topological polar surface area (TPSA) is 32.8 Å². The van der Waals surface area contributed by atoms with Crippen molar-refractivity contribution in [2.75, 3.05) is 0 Å². The number of hydrogen-bond acceptors (Lipinski definition) is 2. The Bertz CT molecular complexity index is 261. The minimum atomic E-state index is -0.153. The van der Waals surface area contributed by atoms with E-state index in [1.807, 2.05) is 0 Å². The van der Waals surface area contributed by atoms with Gasteiger partial charge in [0.05, 0.1) is 12.2 Å². The Hall–Kier alpha value is -0.340. The second-order valence-corrected chi connectivity index (χ2v) is 4.66. The van der Waals surface area contributed by atoms with Crippen LogP contribution in [0.3, 0.4) is 0 Å². The largest absolute Gasteiger partial charge is 0.390 e. The summed E-state index contributed by atoms with van der Waals surface area (Å²) < 4.78 is 5.45. The lowest BCUT2D eigenvalue weighted by molar-refractivity contribution is 0.0364. The molecule has 12 heavy (non-hydrogen) atoms. The van der Waals surface area contributed by atoms with Crippen molar-refractivity contribution in [1.82, 2.24) is 0 Å². The van der Waals surface area contributed by atoms with Gasteiger partial charge in [-0.05, 0) is 30.1 Å². The van der Waals surface area contributed by atoms with Crippen LogP contribution in [0.15, 0.2) is 12.2 Å². The van der Waals surface area contributed by atoms with Crippen LogP contribution in [0.2, 0.25) is 0 Å². The fourth-order valence-electron chi connectivity index (χ4n) is 3.78. The third kappa shape index (κ3) is 0.485. The van der Waals surface area contributed by atoms with Crippen LogP contribution in [0.1, 0.15) is 6.42 Å². The number of hydrogen-bond donors (Lipinski definition) is 1. The molecule has 0 spiro atoms. The molecule has 1 aliphatic heterocycles. The highest BCUT2D eigenvalue weighted by Gasteiger charge is 2.68. The van der Waals surface area contributed by atoms with Gasteiger partial charge in [0.1, 0.15) is 6.10 Å². The molecule has 0 aromatic heterocycles. The van der Waals surface area contributed by atoms with Crippen LogP contribution in [-0.2, 0) is 4.74 Å². The van der Waals surface area contributed by atoms with Crippen LogP contribution in [0.4, 0.5) is 0 Å². The van der Waals surface area contributed by atoms with Crippen molar-refractivity contribution in [3.63, 3.8) is 0 Å². The predicted molar refractivity (Wildman–Crippen MR) is 42.4 cm³/mol. The summed E-state index contributed by atoms with van der Waals surface area (Å²) in [7, 11) is 0. The zero-order chi connectivity index (χ0) is 7.87. The van der Waals surface area contributed by atoms with Gasteiger partial charge in [-0.25, -0.2) is 0 Å². The lowest BCUT2D eigenvalue weighted by Crippen LogP contribution is -2.29. The molecule has 4 aliphatic rings. The van der Waals surface area contributed by atoms with E-state index >= 15 is 0 Å². The second-order valence-electron chi connectivity index (χ2n) is 4.66. The molecule has 1 N–H and O–H groups in total. The summed E-state index contributed by atoms with van der Waals surface area (Å²) >= 11 is 0. The smallest absolute Gasteiger partial charge is 0.111 e. The molecule has 4 rings (SSSR count). The van der Waals surface area contributed by atoms with Gasteiger partial charge in [0.15, 0.2) is 0 Å². The van der Waals surface area contributed by atoms with E-state index in [2.05, 4.69) is 12.2 Å². The molecule has 3 aliphatic carbocycles. The number of aliphatic hydroxyl groups excluding tert-OH is 1. The van der Waals surface area contributed by atoms with Crippen LogP contribution < -0.4 is 0 Å². The van der Waals surface area contributed by atoms with E-state index in [-0.39, 0.29) is 12.2 Å². The van der Waals surface area contributed by atoms with E-state index in [0.29, 0.717) is 23.9 Å². The van der Waals surface area contributed by atoms with E-state index < -0.39 is 0 Å². The van der Waals surface area contributed by atoms with Gasteiger partial charge in [0.2, 0.25) is 0 Å². The Morgan fingerprint density at radius 2 is 1.83 bits per heavy atom. The monoisotopic (exact) mass is 164 g/mol. The van der Waals surface area contributed by atoms with Gasteiger partial charge in [-0.2, -0.15) is 0 Å². The summed E-state index contributed by atoms with van der Waals surface area (Å²) in [6.45, 7) is 0. The molecule has 0 aromatic rings. The van der Waals surface area contributed by atoms with Gasteiger partial charge in [-0.1, -0.05) is 12.2 Å². The molecule has 2 heteroatoms. The third-order valence-electron chi connectivity index (χ3n) is 4.25. The maximum Gasteiger partial charge on any atom is 0.111 e. The Balaban J connectivity index is 1.81. The first kappa shape index (κ1) is 6.17. The Labute approximate surface area is 71.2 Å². The van der Waals surface area contributed by atoms with Gasteiger partial charge in [0.25, 0.3) is 0 Å². The molecular formula is C10H12O2. The molecule has 0 aromatic carbocycles. The molecule has 1 saturated heterocycles. The average Bonchev–Trinajstić information content (AvgIpc) is 2.49. The van der Waals surface area contributed by atoms with E-state index in [1.54, 1.807) is 0 Å². The Morgan fingerprint density at radius 1 is 1.08 bits per heavy atom. The molecule has 7 unspecified atom stereocenters. The first-order valence-electron chi connectivity index (χ1n) is 4.88. The highest BCUT2D eigenvalue weighted by Crippen LogP contribution is 2.61. The molecule has 3 fully saturated rings. The minimum absolute atomic E-state index is 0.153. The highest BCUT2D eigenvalue weighted by atomic mass is 16.6. The van der Waals surface area contributed by atoms with Crippen molar-refractivity contribution in [1.29, 1.82) is 0 Å². The molecule has 64 valence electrons. The zero-order valence-corrected chi connectivity index (χ0v) is 6.76. The predicted octanol–water partition coefficient (Wildman–Crippen LogP) is 0.567. The van der Waals surface area contributed by atoms with Crippen molar-refractivity contribution in [2.24, 2.45) is 23.7 Å². The maximum absolute atomic E-state index is 9.87. The van der Waals surface area contributed by atoms with Gasteiger partial charge in [-0.3, -0.25) is 0 Å². The fraction of sp³-hybridized carbons (Fsp3) is 0.800. The summed E-state index contributed by atoms with van der Waals surface area (Å²) in [5.41, 5.74) is 0. The zero-order valence-electron chi connectivity index (χ0n) is 6.76. The number of allylic oxidation sites excluding steroid dienone is 2. The quantitative estimate of drug-likeness (QED) is 0.419. The summed E-state index contributed by atoms with van der Waals surface area (Å²) in [5, 5.41) is 9.87. The number of rotatable bonds is 0. The molecule has 7 atom stereocenters. The number of ether oxygens (including phenoxy) is 1. The first-order valence-corrected chi connectivity index (χ1v) is 4.88. The van der Waals surface area contributed by atoms with Crippen LogP contribution in [0, 0.1) is 23.7 Å². The standard InChI is InChI=1S/C10H12O2/c11-8-6-4-1-2-5(3-4)7(6)9-10(8)12-9/h1-2,4-11H,3H2. The van der Waals surface area contributed by atoms with Crippen molar-refractivity contribution in [2.45, 2.75) is 24.7 Å². The summed E-state index contributed by atoms with van der Waals surface area (Å²) in [6.07, 6.45) is 6.40. The number of fused-ring (bicyclic) bond motifs is 7. The van der Waals surface area contributed by atoms with Crippen molar-refractivity contribution in [3.05, 3.63) is 12.2 Å². The molecule has 2 bridgehead atoms. The van der Waals surface area contributed by atoms with Gasteiger partial charge in [0, 0.05) is 0 Å². The number of epoxide rings is 1. The van der Waals surface area contributed by atoms with E-state index in [4.69, 9.17) is 4.74 Å². The average molecular weight is 164 g/mol. The maximum atomic E-state index is 9.87. The molecule has 2 nitrogen and oxygen atoms in total. The second kappa shape index (κ2) is 1.64. The normalized spacial score (nSPS) is 69.9. The molecule has 0 radical (unpaired) electrons. The molecule has 0 amide bonds. The lowest BCUT2D eigenvalue weighted by Gasteiger charge is -2.25. The van der Waals surface area contributed by atoms with Crippen molar-refractivity contribution in [3.8, 4) is 0 Å². The highest BCUT2D eigenvalue weighted by molar-refractivity contribution is 5.24. The Morgan fingerprint density at radius 3 is 2.58 bits per heavy atom. The summed E-state index contributed by atoms with van der Waals surface area (Å²) in [4.78, 5) is 0. The van der Waals surface area contributed by atoms with Crippen LogP contribution in [-0.4, -0.2) is 23.4 Å². The van der Waals surface area contributed by atoms with Crippen molar-refractivity contribution < 1.29 is 9.84 Å². The van der Waals surface area contributed by atoms with E-state index in [0.717, 1.165) is 5.92 Å².